The number of quaternary nitrogens is 1. The fourth-order valence-electron chi connectivity index (χ4n) is 4.15. The monoisotopic (exact) mass is 422 g/mol. The quantitative estimate of drug-likeness (QED) is 0.656. The van der Waals surface area contributed by atoms with Gasteiger partial charge in [0.1, 0.15) is 32.2 Å². The Hall–Kier alpha value is -3.03. The first-order valence-corrected chi connectivity index (χ1v) is 10.7. The molecule has 1 atom stereocenters. The zero-order valence-corrected chi connectivity index (χ0v) is 17.7. The Morgan fingerprint density at radius 3 is 2.55 bits per heavy atom. The van der Waals surface area contributed by atoms with Crippen molar-refractivity contribution >= 4 is 17.7 Å². The Labute approximate surface area is 182 Å². The number of aryl methyl sites for hydroxylation is 1. The maximum absolute atomic E-state index is 12.9. The predicted molar refractivity (Wildman–Crippen MR) is 115 cm³/mol. The molecular weight excluding hydrogens is 394 g/mol. The fourth-order valence-corrected chi connectivity index (χ4v) is 4.15. The molecule has 0 saturated carbocycles. The number of amides is 3. The van der Waals surface area contributed by atoms with Gasteiger partial charge < -0.3 is 15.0 Å². The van der Waals surface area contributed by atoms with Crippen molar-refractivity contribution in [2.24, 2.45) is 0 Å². The first-order chi connectivity index (χ1) is 15.0. The van der Waals surface area contributed by atoms with Crippen LogP contribution in [0.3, 0.4) is 0 Å². The molecule has 7 nitrogen and oxygen atoms in total. The zero-order chi connectivity index (χ0) is 21.8. The highest BCUT2D eigenvalue weighted by molar-refractivity contribution is 6.11. The number of imide groups is 1. The zero-order valence-electron chi connectivity index (χ0n) is 17.7. The average Bonchev–Trinajstić information content (AvgIpc) is 2.77. The van der Waals surface area contributed by atoms with E-state index in [-0.39, 0.29) is 30.8 Å². The maximum Gasteiger partial charge on any atom is 0.261 e. The second kappa shape index (κ2) is 9.41. The van der Waals surface area contributed by atoms with Gasteiger partial charge in [-0.25, -0.2) is 0 Å². The van der Waals surface area contributed by atoms with Gasteiger partial charge >= 0.3 is 0 Å². The van der Waals surface area contributed by atoms with E-state index in [1.165, 1.54) is 4.90 Å². The smallest absolute Gasteiger partial charge is 0.261 e. The molecule has 0 aliphatic carbocycles. The van der Waals surface area contributed by atoms with Crippen molar-refractivity contribution in [3.05, 3.63) is 70.8 Å². The van der Waals surface area contributed by atoms with Gasteiger partial charge in [0.25, 0.3) is 5.91 Å². The minimum absolute atomic E-state index is 0.133. The van der Waals surface area contributed by atoms with Crippen molar-refractivity contribution in [1.82, 2.24) is 10.2 Å². The highest BCUT2D eigenvalue weighted by Crippen LogP contribution is 2.19. The lowest BCUT2D eigenvalue weighted by atomic mass is 9.98. The molecule has 4 rings (SSSR count). The summed E-state index contributed by atoms with van der Waals surface area (Å²) in [5, 5.41) is 3.07. The number of carbonyl (C=O) groups excluding carboxylic acids is 3. The third kappa shape index (κ3) is 5.00. The molecule has 0 spiro atoms. The van der Waals surface area contributed by atoms with Gasteiger partial charge in [-0.2, -0.15) is 0 Å². The first-order valence-electron chi connectivity index (χ1n) is 10.7. The lowest BCUT2D eigenvalue weighted by Gasteiger charge is -2.30. The van der Waals surface area contributed by atoms with Crippen LogP contribution in [0.5, 0.6) is 0 Å². The lowest BCUT2D eigenvalue weighted by Crippen LogP contribution is -3.14. The average molecular weight is 423 g/mol. The van der Waals surface area contributed by atoms with Gasteiger partial charge in [-0.3, -0.25) is 19.3 Å². The van der Waals surface area contributed by atoms with Gasteiger partial charge in [-0.15, -0.1) is 0 Å². The molecule has 7 heteroatoms. The normalized spacial score (nSPS) is 17.9. The number of hydrogen-bond donors (Lipinski definition) is 2. The number of hydrogen-bond acceptors (Lipinski definition) is 4. The summed E-state index contributed by atoms with van der Waals surface area (Å²) in [6.07, 6.45) is 0.133. The van der Waals surface area contributed by atoms with Crippen LogP contribution in [0.2, 0.25) is 0 Å². The van der Waals surface area contributed by atoms with Gasteiger partial charge in [-0.1, -0.05) is 48.0 Å². The predicted octanol–water partition coefficient (Wildman–Crippen LogP) is 0.293. The summed E-state index contributed by atoms with van der Waals surface area (Å²) in [5.74, 6) is -1.09. The van der Waals surface area contributed by atoms with Crippen molar-refractivity contribution in [3.63, 3.8) is 0 Å². The van der Waals surface area contributed by atoms with Crippen LogP contribution in [-0.2, 0) is 20.7 Å². The summed E-state index contributed by atoms with van der Waals surface area (Å²) < 4.78 is 5.45. The highest BCUT2D eigenvalue weighted by atomic mass is 16.5. The molecule has 1 fully saturated rings. The van der Waals surface area contributed by atoms with Crippen LogP contribution < -0.4 is 10.2 Å². The van der Waals surface area contributed by atoms with Gasteiger partial charge in [0.15, 0.2) is 0 Å². The van der Waals surface area contributed by atoms with Crippen molar-refractivity contribution < 1.29 is 24.0 Å². The van der Waals surface area contributed by atoms with Crippen LogP contribution >= 0.6 is 0 Å². The number of rotatable bonds is 6. The van der Waals surface area contributed by atoms with Crippen molar-refractivity contribution in [2.75, 3.05) is 39.4 Å². The number of nitrogens with zero attached hydrogens (tertiary/aromatic N) is 1. The van der Waals surface area contributed by atoms with Gasteiger partial charge in [-0.05, 0) is 24.1 Å². The van der Waals surface area contributed by atoms with E-state index in [9.17, 15) is 14.4 Å². The largest absolute Gasteiger partial charge is 0.370 e. The molecule has 2 N–H and O–H groups in total. The topological polar surface area (TPSA) is 80.2 Å². The molecule has 2 aromatic carbocycles. The molecule has 1 saturated heterocycles. The second-order valence-corrected chi connectivity index (χ2v) is 8.22. The molecule has 162 valence electrons. The molecule has 0 bridgehead atoms. The summed E-state index contributed by atoms with van der Waals surface area (Å²) in [7, 11) is 0. The number of fused-ring (bicyclic) bond motifs is 1. The minimum atomic E-state index is -0.410. The minimum Gasteiger partial charge on any atom is -0.370 e. The molecule has 0 unspecified atom stereocenters. The molecule has 3 amide bonds. The molecule has 0 radical (unpaired) electrons. The van der Waals surface area contributed by atoms with E-state index in [4.69, 9.17) is 4.74 Å². The van der Waals surface area contributed by atoms with Crippen molar-refractivity contribution in [1.29, 1.82) is 0 Å². The summed E-state index contributed by atoms with van der Waals surface area (Å²) in [6, 6.07) is 14.9. The van der Waals surface area contributed by atoms with E-state index in [0.717, 1.165) is 35.7 Å². The summed E-state index contributed by atoms with van der Waals surface area (Å²) >= 11 is 0. The Bertz CT molecular complexity index is 967. The maximum atomic E-state index is 12.9. The second-order valence-electron chi connectivity index (χ2n) is 8.22. The van der Waals surface area contributed by atoms with Gasteiger partial charge in [0, 0.05) is 5.56 Å². The van der Waals surface area contributed by atoms with Crippen molar-refractivity contribution in [3.8, 4) is 0 Å². The van der Waals surface area contributed by atoms with E-state index < -0.39 is 5.91 Å². The Morgan fingerprint density at radius 2 is 1.81 bits per heavy atom. The van der Waals surface area contributed by atoms with Crippen LogP contribution in [0.1, 0.15) is 33.1 Å². The van der Waals surface area contributed by atoms with Crippen LogP contribution in [0.15, 0.2) is 48.5 Å². The summed E-state index contributed by atoms with van der Waals surface area (Å²) in [4.78, 5) is 40.6. The highest BCUT2D eigenvalue weighted by Gasteiger charge is 2.33. The Balaban J connectivity index is 1.47. The SMILES string of the molecule is Cc1ccc([C@H](C[NH+]2CCOCC2)NC(=O)CN2C(=O)Cc3ccccc3C2=O)cc1. The van der Waals surface area contributed by atoms with Crippen molar-refractivity contribution in [2.45, 2.75) is 19.4 Å². The van der Waals surface area contributed by atoms with E-state index >= 15 is 0 Å². The molecule has 2 aromatic rings. The standard InChI is InChI=1S/C24H27N3O4/c1-17-6-8-18(9-7-17)21(15-26-10-12-31-13-11-26)25-22(28)16-27-23(29)14-19-4-2-3-5-20(19)24(27)30/h2-9,21H,10-16H2,1H3,(H,25,28)/p+1/t21-/m0/s1. The third-order valence-electron chi connectivity index (χ3n) is 5.95. The first kappa shape index (κ1) is 21.2. The molecule has 0 aromatic heterocycles. The third-order valence-corrected chi connectivity index (χ3v) is 5.95. The summed E-state index contributed by atoms with van der Waals surface area (Å²) in [6.45, 7) is 5.67. The number of morpholine rings is 1. The van der Waals surface area contributed by atoms with Crippen LogP contribution in [0.25, 0.3) is 0 Å². The van der Waals surface area contributed by atoms with Gasteiger partial charge in [0.05, 0.1) is 19.6 Å². The number of ether oxygens (including phenoxy) is 1. The molecule has 31 heavy (non-hydrogen) atoms. The van der Waals surface area contributed by atoms with E-state index in [0.29, 0.717) is 24.3 Å². The number of nitrogens with one attached hydrogen (secondary N) is 2. The van der Waals surface area contributed by atoms with E-state index in [1.54, 1.807) is 18.2 Å². The molecular formula is C24H28N3O4+. The van der Waals surface area contributed by atoms with Crippen LogP contribution in [-0.4, -0.2) is 62.0 Å². The Morgan fingerprint density at radius 1 is 1.10 bits per heavy atom. The fraction of sp³-hybridized carbons (Fsp3) is 0.375. The van der Waals surface area contributed by atoms with Gasteiger partial charge in [0.2, 0.25) is 11.8 Å². The van der Waals surface area contributed by atoms with E-state index in [2.05, 4.69) is 5.32 Å². The number of carbonyl (C=O) groups is 3. The van der Waals surface area contributed by atoms with Crippen LogP contribution in [0, 0.1) is 6.92 Å². The summed E-state index contributed by atoms with van der Waals surface area (Å²) in [5.41, 5.74) is 3.36. The Kier molecular flexibility index (Phi) is 6.44. The van der Waals surface area contributed by atoms with E-state index in [1.807, 2.05) is 37.3 Å². The molecule has 2 aliphatic heterocycles. The molecule has 2 heterocycles. The lowest BCUT2D eigenvalue weighted by molar-refractivity contribution is -0.909. The number of benzene rings is 2. The molecule has 2 aliphatic rings. The van der Waals surface area contributed by atoms with Crippen LogP contribution in [0.4, 0.5) is 0 Å².